The van der Waals surface area contributed by atoms with E-state index in [4.69, 9.17) is 11.6 Å². The highest BCUT2D eigenvalue weighted by Gasteiger charge is 2.15. The molecule has 3 aromatic rings. The first kappa shape index (κ1) is 16.5. The lowest BCUT2D eigenvalue weighted by atomic mass is 10.1. The summed E-state index contributed by atoms with van der Waals surface area (Å²) in [6.45, 7) is 3.14. The zero-order valence-corrected chi connectivity index (χ0v) is 14.3. The van der Waals surface area contributed by atoms with E-state index in [9.17, 15) is 4.79 Å². The molecule has 0 aliphatic carbocycles. The van der Waals surface area contributed by atoms with Crippen molar-refractivity contribution in [1.29, 1.82) is 0 Å². The van der Waals surface area contributed by atoms with Gasteiger partial charge in [0.2, 0.25) is 5.91 Å². The van der Waals surface area contributed by atoms with E-state index in [0.717, 1.165) is 22.0 Å². The summed E-state index contributed by atoms with van der Waals surface area (Å²) in [6, 6.07) is 17.5. The molecule has 2 aromatic carbocycles. The number of halogens is 1. The van der Waals surface area contributed by atoms with Gasteiger partial charge in [-0.05, 0) is 30.2 Å². The van der Waals surface area contributed by atoms with E-state index in [-0.39, 0.29) is 5.91 Å². The number of nitrogens with zero attached hydrogens (tertiary/aromatic N) is 2. The average molecular weight is 339 g/mol. The molecule has 0 N–H and O–H groups in total. The van der Waals surface area contributed by atoms with Crippen molar-refractivity contribution in [1.82, 2.24) is 9.88 Å². The summed E-state index contributed by atoms with van der Waals surface area (Å²) >= 11 is 6.22. The molecule has 3 nitrogen and oxygen atoms in total. The number of para-hydroxylation sites is 1. The van der Waals surface area contributed by atoms with E-state index in [2.05, 4.69) is 4.98 Å². The second-order valence-electron chi connectivity index (χ2n) is 5.67. The normalized spacial score (nSPS) is 10.8. The Kier molecular flexibility index (Phi) is 5.11. The minimum absolute atomic E-state index is 0.0792. The minimum atomic E-state index is 0.0792. The van der Waals surface area contributed by atoms with E-state index in [1.54, 1.807) is 6.20 Å². The second kappa shape index (κ2) is 7.45. The number of likely N-dealkylation sites (N-methyl/N-ethyl adjacent to an activating group) is 1. The molecule has 0 radical (unpaired) electrons. The smallest absolute Gasteiger partial charge is 0.227 e. The number of benzene rings is 2. The fourth-order valence-electron chi connectivity index (χ4n) is 2.79. The van der Waals surface area contributed by atoms with Gasteiger partial charge in [-0.15, -0.1) is 0 Å². The first-order chi connectivity index (χ1) is 11.7. The van der Waals surface area contributed by atoms with Crippen LogP contribution in [0.5, 0.6) is 0 Å². The van der Waals surface area contributed by atoms with E-state index >= 15 is 0 Å². The maximum atomic E-state index is 12.8. The molecule has 0 saturated heterocycles. The van der Waals surface area contributed by atoms with Gasteiger partial charge in [0.1, 0.15) is 0 Å². The number of pyridine rings is 1. The molecule has 0 bridgehead atoms. The number of fused-ring (bicyclic) bond motifs is 1. The van der Waals surface area contributed by atoms with Crippen LogP contribution < -0.4 is 0 Å². The van der Waals surface area contributed by atoms with Crippen molar-refractivity contribution in [2.24, 2.45) is 0 Å². The number of rotatable bonds is 5. The first-order valence-corrected chi connectivity index (χ1v) is 8.40. The molecule has 0 unspecified atom stereocenters. The molecule has 24 heavy (non-hydrogen) atoms. The van der Waals surface area contributed by atoms with Crippen LogP contribution in [0.1, 0.15) is 18.1 Å². The quantitative estimate of drug-likeness (QED) is 0.687. The second-order valence-corrected chi connectivity index (χ2v) is 6.08. The number of carbonyl (C=O) groups is 1. The van der Waals surface area contributed by atoms with Crippen LogP contribution in [0.25, 0.3) is 10.9 Å². The molecule has 3 rings (SSSR count). The third-order valence-electron chi connectivity index (χ3n) is 4.11. The zero-order chi connectivity index (χ0) is 16.9. The SMILES string of the molecule is CCN(Cc1ccccc1Cl)C(=O)Cc1cccc2cccnc12. The summed E-state index contributed by atoms with van der Waals surface area (Å²) in [5.74, 6) is 0.0792. The Balaban J connectivity index is 1.80. The lowest BCUT2D eigenvalue weighted by Gasteiger charge is -2.22. The Hall–Kier alpha value is -2.39. The molecule has 1 amide bonds. The van der Waals surface area contributed by atoms with Gasteiger partial charge in [0.25, 0.3) is 0 Å². The zero-order valence-electron chi connectivity index (χ0n) is 13.6. The van der Waals surface area contributed by atoms with Crippen LogP contribution in [-0.4, -0.2) is 22.3 Å². The van der Waals surface area contributed by atoms with Crippen LogP contribution in [0, 0.1) is 0 Å². The standard InChI is InChI=1S/C20H19ClN2O/c1-2-23(14-17-7-3-4-11-18(17)21)19(24)13-16-9-5-8-15-10-6-12-22-20(15)16/h3-12H,2,13-14H2,1H3. The number of hydrogen-bond acceptors (Lipinski definition) is 2. The molecule has 0 fully saturated rings. The van der Waals surface area contributed by atoms with Crippen LogP contribution >= 0.6 is 11.6 Å². The van der Waals surface area contributed by atoms with Crippen molar-refractivity contribution in [3.8, 4) is 0 Å². The van der Waals surface area contributed by atoms with Crippen LogP contribution in [0.15, 0.2) is 60.8 Å². The van der Waals surface area contributed by atoms with Crippen LogP contribution in [0.3, 0.4) is 0 Å². The predicted octanol–water partition coefficient (Wildman–Crippen LogP) is 4.48. The van der Waals surface area contributed by atoms with Gasteiger partial charge in [0, 0.05) is 29.7 Å². The Labute approximate surface area is 146 Å². The van der Waals surface area contributed by atoms with Crippen LogP contribution in [0.2, 0.25) is 5.02 Å². The highest BCUT2D eigenvalue weighted by atomic mass is 35.5. The molecular formula is C20H19ClN2O. The number of carbonyl (C=O) groups excluding carboxylic acids is 1. The summed E-state index contributed by atoms with van der Waals surface area (Å²) in [6.07, 6.45) is 2.10. The van der Waals surface area contributed by atoms with Crippen molar-refractivity contribution in [2.45, 2.75) is 19.9 Å². The van der Waals surface area contributed by atoms with E-state index in [0.29, 0.717) is 24.5 Å². The molecule has 0 spiro atoms. The van der Waals surface area contributed by atoms with E-state index in [1.165, 1.54) is 0 Å². The number of hydrogen-bond donors (Lipinski definition) is 0. The minimum Gasteiger partial charge on any atom is -0.338 e. The fourth-order valence-corrected chi connectivity index (χ4v) is 2.99. The third kappa shape index (κ3) is 3.57. The predicted molar refractivity (Wildman–Crippen MR) is 98.0 cm³/mol. The summed E-state index contributed by atoms with van der Waals surface area (Å²) in [5, 5.41) is 1.74. The van der Waals surface area contributed by atoms with Crippen molar-refractivity contribution >= 4 is 28.4 Å². The number of aromatic nitrogens is 1. The first-order valence-electron chi connectivity index (χ1n) is 8.03. The van der Waals surface area contributed by atoms with E-state index in [1.807, 2.05) is 66.4 Å². The molecule has 1 heterocycles. The Morgan fingerprint density at radius 3 is 2.58 bits per heavy atom. The molecule has 1 aromatic heterocycles. The molecule has 122 valence electrons. The van der Waals surface area contributed by atoms with Crippen molar-refractivity contribution < 1.29 is 4.79 Å². The van der Waals surface area contributed by atoms with Crippen molar-refractivity contribution in [3.63, 3.8) is 0 Å². The number of amides is 1. The van der Waals surface area contributed by atoms with Gasteiger partial charge in [0.15, 0.2) is 0 Å². The van der Waals surface area contributed by atoms with Gasteiger partial charge in [-0.3, -0.25) is 9.78 Å². The largest absolute Gasteiger partial charge is 0.338 e. The van der Waals surface area contributed by atoms with E-state index < -0.39 is 0 Å². The average Bonchev–Trinajstić information content (AvgIpc) is 2.61. The lowest BCUT2D eigenvalue weighted by Crippen LogP contribution is -2.31. The molecular weight excluding hydrogens is 320 g/mol. The molecule has 0 aliphatic heterocycles. The van der Waals surface area contributed by atoms with Gasteiger partial charge in [-0.1, -0.05) is 54.1 Å². The van der Waals surface area contributed by atoms with Crippen molar-refractivity contribution in [3.05, 3.63) is 76.9 Å². The third-order valence-corrected chi connectivity index (χ3v) is 4.48. The lowest BCUT2D eigenvalue weighted by molar-refractivity contribution is -0.130. The monoisotopic (exact) mass is 338 g/mol. The Bertz CT molecular complexity index is 858. The van der Waals surface area contributed by atoms with Gasteiger partial charge >= 0.3 is 0 Å². The summed E-state index contributed by atoms with van der Waals surface area (Å²) in [5.41, 5.74) is 2.81. The highest BCUT2D eigenvalue weighted by Crippen LogP contribution is 2.20. The van der Waals surface area contributed by atoms with Gasteiger partial charge in [0.05, 0.1) is 11.9 Å². The summed E-state index contributed by atoms with van der Waals surface area (Å²) in [7, 11) is 0. The maximum Gasteiger partial charge on any atom is 0.227 e. The molecule has 0 atom stereocenters. The maximum absolute atomic E-state index is 12.8. The Morgan fingerprint density at radius 1 is 1.04 bits per heavy atom. The Morgan fingerprint density at radius 2 is 1.79 bits per heavy atom. The molecule has 4 heteroatoms. The highest BCUT2D eigenvalue weighted by molar-refractivity contribution is 6.31. The van der Waals surface area contributed by atoms with Gasteiger partial charge in [-0.25, -0.2) is 0 Å². The molecule has 0 saturated carbocycles. The molecule has 0 aliphatic rings. The van der Waals surface area contributed by atoms with Crippen LogP contribution in [0.4, 0.5) is 0 Å². The fraction of sp³-hybridized carbons (Fsp3) is 0.200. The summed E-state index contributed by atoms with van der Waals surface area (Å²) < 4.78 is 0. The van der Waals surface area contributed by atoms with Gasteiger partial charge < -0.3 is 4.90 Å². The summed E-state index contributed by atoms with van der Waals surface area (Å²) in [4.78, 5) is 19.0. The van der Waals surface area contributed by atoms with Crippen molar-refractivity contribution in [2.75, 3.05) is 6.54 Å². The topological polar surface area (TPSA) is 33.2 Å². The van der Waals surface area contributed by atoms with Gasteiger partial charge in [-0.2, -0.15) is 0 Å². The van der Waals surface area contributed by atoms with Crippen LogP contribution in [-0.2, 0) is 17.8 Å².